The molecule has 0 N–H and O–H groups in total. The predicted octanol–water partition coefficient (Wildman–Crippen LogP) is 2.65. The van der Waals surface area contributed by atoms with Crippen LogP contribution in [0.3, 0.4) is 0 Å². The largest absolute Gasteiger partial charge is 0.352 e. The molecule has 1 aliphatic rings. The first-order chi connectivity index (χ1) is 9.83. The average molecular weight is 330 g/mol. The van der Waals surface area contributed by atoms with Gasteiger partial charge in [0.15, 0.2) is 0 Å². The van der Waals surface area contributed by atoms with Crippen molar-refractivity contribution in [2.75, 3.05) is 18.0 Å². The van der Waals surface area contributed by atoms with E-state index in [1.165, 1.54) is 0 Å². The number of fused-ring (bicyclic) bond motifs is 1. The summed E-state index contributed by atoms with van der Waals surface area (Å²) in [5, 5.41) is 5.38. The fourth-order valence-electron chi connectivity index (χ4n) is 2.58. The number of aromatic nitrogens is 4. The quantitative estimate of drug-likeness (QED) is 0.725. The summed E-state index contributed by atoms with van der Waals surface area (Å²) in [6.07, 6.45) is 5.46. The zero-order valence-electron chi connectivity index (χ0n) is 10.6. The standard InChI is InChI=1S/C14H12BrN5/c15-12-4-1-3-11-13(12)16-9-17-14(11)19-7-10(8-19)20-6-2-5-18-20/h1-6,9-10H,7-8H2. The second-order valence-electron chi connectivity index (χ2n) is 4.88. The van der Waals surface area contributed by atoms with Crippen LogP contribution in [0.25, 0.3) is 10.9 Å². The Hall–Kier alpha value is -1.95. The number of halogens is 1. The van der Waals surface area contributed by atoms with Crippen molar-refractivity contribution < 1.29 is 0 Å². The van der Waals surface area contributed by atoms with Crippen molar-refractivity contribution in [1.29, 1.82) is 0 Å². The van der Waals surface area contributed by atoms with Crippen LogP contribution in [0.5, 0.6) is 0 Å². The van der Waals surface area contributed by atoms with Gasteiger partial charge in [-0.2, -0.15) is 5.10 Å². The molecule has 6 heteroatoms. The summed E-state index contributed by atoms with van der Waals surface area (Å²) in [6.45, 7) is 1.86. The molecule has 0 atom stereocenters. The van der Waals surface area contributed by atoms with Gasteiger partial charge >= 0.3 is 0 Å². The van der Waals surface area contributed by atoms with E-state index in [-0.39, 0.29) is 0 Å². The van der Waals surface area contributed by atoms with E-state index >= 15 is 0 Å². The van der Waals surface area contributed by atoms with Gasteiger partial charge in [-0.05, 0) is 34.1 Å². The van der Waals surface area contributed by atoms with Gasteiger partial charge in [0.25, 0.3) is 0 Å². The summed E-state index contributed by atoms with van der Waals surface area (Å²) < 4.78 is 3.01. The van der Waals surface area contributed by atoms with Crippen molar-refractivity contribution >= 4 is 32.7 Å². The fourth-order valence-corrected chi connectivity index (χ4v) is 3.05. The molecule has 20 heavy (non-hydrogen) atoms. The number of anilines is 1. The zero-order valence-corrected chi connectivity index (χ0v) is 12.2. The maximum Gasteiger partial charge on any atom is 0.140 e. The van der Waals surface area contributed by atoms with Crippen molar-refractivity contribution in [2.24, 2.45) is 0 Å². The molecule has 2 aromatic heterocycles. The molecule has 3 heterocycles. The van der Waals surface area contributed by atoms with Gasteiger partial charge in [-0.1, -0.05) is 6.07 Å². The molecule has 100 valence electrons. The minimum Gasteiger partial charge on any atom is -0.352 e. The molecule has 1 aliphatic heterocycles. The van der Waals surface area contributed by atoms with E-state index in [0.29, 0.717) is 6.04 Å². The molecule has 1 aromatic carbocycles. The molecule has 1 saturated heterocycles. The first kappa shape index (κ1) is 11.8. The van der Waals surface area contributed by atoms with Gasteiger partial charge < -0.3 is 4.90 Å². The molecule has 0 saturated carbocycles. The van der Waals surface area contributed by atoms with Crippen LogP contribution in [0.2, 0.25) is 0 Å². The minimum atomic E-state index is 0.433. The van der Waals surface area contributed by atoms with Crippen molar-refractivity contribution in [3.05, 3.63) is 47.5 Å². The van der Waals surface area contributed by atoms with Gasteiger partial charge in [0.05, 0.1) is 11.6 Å². The lowest BCUT2D eigenvalue weighted by molar-refractivity contribution is 0.366. The Balaban J connectivity index is 1.66. The molecule has 3 aromatic rings. The van der Waals surface area contributed by atoms with Crippen LogP contribution in [0.4, 0.5) is 5.82 Å². The Kier molecular flexibility index (Phi) is 2.70. The second kappa shape index (κ2) is 4.56. The van der Waals surface area contributed by atoms with Crippen molar-refractivity contribution in [3.63, 3.8) is 0 Å². The highest BCUT2D eigenvalue weighted by Gasteiger charge is 2.30. The lowest BCUT2D eigenvalue weighted by Crippen LogP contribution is -2.48. The van der Waals surface area contributed by atoms with E-state index in [4.69, 9.17) is 0 Å². The number of benzene rings is 1. The van der Waals surface area contributed by atoms with Gasteiger partial charge in [-0.25, -0.2) is 9.97 Å². The Bertz CT molecular complexity index is 749. The van der Waals surface area contributed by atoms with Crippen LogP contribution < -0.4 is 4.90 Å². The number of nitrogens with zero attached hydrogens (tertiary/aromatic N) is 5. The van der Waals surface area contributed by atoms with E-state index < -0.39 is 0 Å². The third-order valence-corrected chi connectivity index (χ3v) is 4.30. The van der Waals surface area contributed by atoms with E-state index in [1.807, 2.05) is 35.3 Å². The summed E-state index contributed by atoms with van der Waals surface area (Å²) in [4.78, 5) is 11.1. The van der Waals surface area contributed by atoms with E-state index in [2.05, 4.69) is 42.0 Å². The zero-order chi connectivity index (χ0) is 13.5. The smallest absolute Gasteiger partial charge is 0.140 e. The van der Waals surface area contributed by atoms with Gasteiger partial charge in [0.1, 0.15) is 12.1 Å². The summed E-state index contributed by atoms with van der Waals surface area (Å²) in [6, 6.07) is 8.48. The van der Waals surface area contributed by atoms with Gasteiger partial charge in [0, 0.05) is 35.3 Å². The van der Waals surface area contributed by atoms with Crippen molar-refractivity contribution in [2.45, 2.75) is 6.04 Å². The minimum absolute atomic E-state index is 0.433. The third-order valence-electron chi connectivity index (χ3n) is 3.66. The van der Waals surface area contributed by atoms with Crippen molar-refractivity contribution in [1.82, 2.24) is 19.7 Å². The highest BCUT2D eigenvalue weighted by Crippen LogP contribution is 2.32. The van der Waals surface area contributed by atoms with Crippen LogP contribution in [-0.4, -0.2) is 32.8 Å². The maximum atomic E-state index is 4.45. The highest BCUT2D eigenvalue weighted by atomic mass is 79.9. The lowest BCUT2D eigenvalue weighted by Gasteiger charge is -2.40. The molecule has 0 spiro atoms. The highest BCUT2D eigenvalue weighted by molar-refractivity contribution is 9.10. The van der Waals surface area contributed by atoms with E-state index in [9.17, 15) is 0 Å². The summed E-state index contributed by atoms with van der Waals surface area (Å²) >= 11 is 3.54. The first-order valence-electron chi connectivity index (χ1n) is 6.46. The molecular formula is C14H12BrN5. The van der Waals surface area contributed by atoms with Gasteiger partial charge in [-0.3, -0.25) is 4.68 Å². The third kappa shape index (κ3) is 1.79. The topological polar surface area (TPSA) is 46.8 Å². The number of hydrogen-bond donors (Lipinski definition) is 0. The Morgan fingerprint density at radius 2 is 2.05 bits per heavy atom. The van der Waals surface area contributed by atoms with Crippen LogP contribution in [0, 0.1) is 0 Å². The fraction of sp³-hybridized carbons (Fsp3) is 0.214. The number of hydrogen-bond acceptors (Lipinski definition) is 4. The summed E-state index contributed by atoms with van der Waals surface area (Å²) in [5.41, 5.74) is 0.958. The SMILES string of the molecule is Brc1cccc2c(N3CC(n4cccn4)C3)ncnc12. The van der Waals surface area contributed by atoms with Crippen LogP contribution in [-0.2, 0) is 0 Å². The average Bonchev–Trinajstić information content (AvgIpc) is 2.92. The molecule has 4 rings (SSSR count). The van der Waals surface area contributed by atoms with Crippen LogP contribution in [0.1, 0.15) is 6.04 Å². The van der Waals surface area contributed by atoms with Crippen LogP contribution in [0.15, 0.2) is 47.5 Å². The summed E-state index contributed by atoms with van der Waals surface area (Å²) in [7, 11) is 0. The van der Waals surface area contributed by atoms with Crippen molar-refractivity contribution in [3.8, 4) is 0 Å². The Labute approximate surface area is 124 Å². The first-order valence-corrected chi connectivity index (χ1v) is 7.25. The number of para-hydroxylation sites is 1. The molecule has 0 unspecified atom stereocenters. The van der Waals surface area contributed by atoms with E-state index in [1.54, 1.807) is 6.33 Å². The van der Waals surface area contributed by atoms with E-state index in [0.717, 1.165) is 34.3 Å². The molecule has 0 amide bonds. The number of rotatable bonds is 2. The molecule has 1 fully saturated rings. The van der Waals surface area contributed by atoms with Gasteiger partial charge in [0.2, 0.25) is 0 Å². The van der Waals surface area contributed by atoms with Gasteiger partial charge in [-0.15, -0.1) is 0 Å². The Morgan fingerprint density at radius 1 is 1.15 bits per heavy atom. The predicted molar refractivity (Wildman–Crippen MR) is 80.7 cm³/mol. The normalized spacial score (nSPS) is 15.6. The molecule has 0 radical (unpaired) electrons. The monoisotopic (exact) mass is 329 g/mol. The Morgan fingerprint density at radius 3 is 2.85 bits per heavy atom. The molecule has 0 bridgehead atoms. The molecule has 5 nitrogen and oxygen atoms in total. The lowest BCUT2D eigenvalue weighted by atomic mass is 10.1. The molecule has 0 aliphatic carbocycles. The molecular weight excluding hydrogens is 318 g/mol. The second-order valence-corrected chi connectivity index (χ2v) is 5.73. The maximum absolute atomic E-state index is 4.45. The van der Waals surface area contributed by atoms with Crippen LogP contribution >= 0.6 is 15.9 Å². The summed E-state index contributed by atoms with van der Waals surface area (Å²) in [5.74, 6) is 1.000.